The van der Waals surface area contributed by atoms with Gasteiger partial charge in [0.1, 0.15) is 5.82 Å². The fraction of sp³-hybridized carbons (Fsp3) is 0.231. The summed E-state index contributed by atoms with van der Waals surface area (Å²) in [7, 11) is 0. The van der Waals surface area contributed by atoms with E-state index in [0.717, 1.165) is 15.7 Å². The Balaban J connectivity index is 2.60. The van der Waals surface area contributed by atoms with E-state index < -0.39 is 0 Å². The van der Waals surface area contributed by atoms with Gasteiger partial charge in [0.15, 0.2) is 0 Å². The molecule has 0 aliphatic carbocycles. The number of nitrogens with zero attached hydrogens (tertiary/aromatic N) is 1. The Morgan fingerprint density at radius 1 is 1.33 bits per heavy atom. The van der Waals surface area contributed by atoms with Crippen LogP contribution in [0.4, 0.5) is 0 Å². The van der Waals surface area contributed by atoms with E-state index in [2.05, 4.69) is 25.9 Å². The largest absolute Gasteiger partial charge is 0.306 e. The van der Waals surface area contributed by atoms with E-state index in [9.17, 15) is 4.79 Å². The van der Waals surface area contributed by atoms with Crippen LogP contribution in [0.2, 0.25) is 5.02 Å². The molecule has 1 aromatic heterocycles. The van der Waals surface area contributed by atoms with Gasteiger partial charge in [0, 0.05) is 16.1 Å². The van der Waals surface area contributed by atoms with Crippen molar-refractivity contribution in [1.82, 2.24) is 9.97 Å². The molecule has 0 amide bonds. The van der Waals surface area contributed by atoms with Crippen molar-refractivity contribution in [1.29, 1.82) is 0 Å². The number of aromatic nitrogens is 2. The van der Waals surface area contributed by atoms with Crippen molar-refractivity contribution in [2.24, 2.45) is 0 Å². The molecule has 1 N–H and O–H groups in total. The molecule has 2 aromatic rings. The topological polar surface area (TPSA) is 45.8 Å². The van der Waals surface area contributed by atoms with Crippen LogP contribution in [-0.4, -0.2) is 9.97 Å². The summed E-state index contributed by atoms with van der Waals surface area (Å²) in [6.45, 7) is 3.99. The van der Waals surface area contributed by atoms with E-state index in [1.807, 2.05) is 26.0 Å². The molecule has 0 bridgehead atoms. The smallest absolute Gasteiger partial charge is 0.251 e. The number of H-pyrrole nitrogens is 1. The molecule has 0 unspecified atom stereocenters. The summed E-state index contributed by atoms with van der Waals surface area (Å²) < 4.78 is 0.888. The van der Waals surface area contributed by atoms with Gasteiger partial charge in [0.25, 0.3) is 5.56 Å². The number of benzene rings is 1. The normalized spacial score (nSPS) is 10.9. The van der Waals surface area contributed by atoms with Gasteiger partial charge in [-0.05, 0) is 24.1 Å². The second kappa shape index (κ2) is 5.24. The van der Waals surface area contributed by atoms with Gasteiger partial charge >= 0.3 is 0 Å². The van der Waals surface area contributed by atoms with E-state index in [1.54, 1.807) is 6.07 Å². The zero-order chi connectivity index (χ0) is 13.3. The molecule has 0 radical (unpaired) electrons. The van der Waals surface area contributed by atoms with Crippen molar-refractivity contribution in [3.63, 3.8) is 0 Å². The molecule has 18 heavy (non-hydrogen) atoms. The lowest BCUT2D eigenvalue weighted by Crippen LogP contribution is -2.11. The molecular formula is C13H12BrClN2O. The monoisotopic (exact) mass is 326 g/mol. The average molecular weight is 328 g/mol. The van der Waals surface area contributed by atoms with Gasteiger partial charge < -0.3 is 4.98 Å². The van der Waals surface area contributed by atoms with E-state index in [4.69, 9.17) is 11.6 Å². The number of rotatable bonds is 2. The highest BCUT2D eigenvalue weighted by Crippen LogP contribution is 2.28. The van der Waals surface area contributed by atoms with Crippen LogP contribution in [-0.2, 0) is 0 Å². The van der Waals surface area contributed by atoms with Crippen LogP contribution >= 0.6 is 27.5 Å². The molecule has 0 spiro atoms. The third-order valence-corrected chi connectivity index (χ3v) is 3.35. The zero-order valence-corrected chi connectivity index (χ0v) is 12.3. The number of aromatic amines is 1. The molecule has 0 saturated heterocycles. The quantitative estimate of drug-likeness (QED) is 0.907. The lowest BCUT2D eigenvalue weighted by Gasteiger charge is -2.08. The highest BCUT2D eigenvalue weighted by Gasteiger charge is 2.10. The van der Waals surface area contributed by atoms with Crippen LogP contribution in [0.15, 0.2) is 33.5 Å². The third-order valence-electron chi connectivity index (χ3n) is 2.54. The standard InChI is InChI=1S/C13H12BrClN2O/c1-7(2)11-6-12(18)17-13(16-11)9-4-3-8(14)5-10(9)15/h3-7H,1-2H3,(H,16,17,18). The van der Waals surface area contributed by atoms with Crippen molar-refractivity contribution in [2.45, 2.75) is 19.8 Å². The second-order valence-corrected chi connectivity index (χ2v) is 5.62. The van der Waals surface area contributed by atoms with Gasteiger partial charge in [0.05, 0.1) is 10.7 Å². The van der Waals surface area contributed by atoms with Crippen LogP contribution in [0, 0.1) is 0 Å². The van der Waals surface area contributed by atoms with Crippen molar-refractivity contribution < 1.29 is 0 Å². The molecule has 0 fully saturated rings. The molecule has 94 valence electrons. The fourth-order valence-corrected chi connectivity index (χ4v) is 2.34. The summed E-state index contributed by atoms with van der Waals surface area (Å²) in [5.41, 5.74) is 1.31. The Labute approximate surface area is 118 Å². The van der Waals surface area contributed by atoms with E-state index >= 15 is 0 Å². The van der Waals surface area contributed by atoms with Crippen LogP contribution < -0.4 is 5.56 Å². The zero-order valence-electron chi connectivity index (χ0n) is 10.00. The molecule has 1 heterocycles. The second-order valence-electron chi connectivity index (χ2n) is 4.30. The fourth-order valence-electron chi connectivity index (χ4n) is 1.58. The van der Waals surface area contributed by atoms with Crippen molar-refractivity contribution in [3.8, 4) is 11.4 Å². The van der Waals surface area contributed by atoms with Crippen LogP contribution in [0.25, 0.3) is 11.4 Å². The Morgan fingerprint density at radius 2 is 2.06 bits per heavy atom. The predicted molar refractivity (Wildman–Crippen MR) is 77.1 cm³/mol. The highest BCUT2D eigenvalue weighted by molar-refractivity contribution is 9.10. The Morgan fingerprint density at radius 3 is 2.67 bits per heavy atom. The minimum atomic E-state index is -0.164. The van der Waals surface area contributed by atoms with Gasteiger partial charge in [-0.1, -0.05) is 41.4 Å². The van der Waals surface area contributed by atoms with Crippen molar-refractivity contribution in [2.75, 3.05) is 0 Å². The maximum atomic E-state index is 11.6. The molecule has 0 atom stereocenters. The minimum absolute atomic E-state index is 0.164. The first-order valence-corrected chi connectivity index (χ1v) is 6.71. The lowest BCUT2D eigenvalue weighted by atomic mass is 10.1. The van der Waals surface area contributed by atoms with Crippen LogP contribution in [0.1, 0.15) is 25.5 Å². The summed E-state index contributed by atoms with van der Waals surface area (Å²) in [4.78, 5) is 18.8. The summed E-state index contributed by atoms with van der Waals surface area (Å²) in [5, 5.41) is 0.549. The molecule has 5 heteroatoms. The maximum Gasteiger partial charge on any atom is 0.251 e. The first kappa shape index (κ1) is 13.3. The van der Waals surface area contributed by atoms with Gasteiger partial charge in [-0.2, -0.15) is 0 Å². The highest BCUT2D eigenvalue weighted by atomic mass is 79.9. The molecular weight excluding hydrogens is 316 g/mol. The molecule has 1 aromatic carbocycles. The Kier molecular flexibility index (Phi) is 3.88. The summed E-state index contributed by atoms with van der Waals surface area (Å²) >= 11 is 9.50. The molecule has 0 aliphatic rings. The molecule has 2 rings (SSSR count). The van der Waals surface area contributed by atoms with Gasteiger partial charge in [-0.3, -0.25) is 4.79 Å². The van der Waals surface area contributed by atoms with E-state index in [-0.39, 0.29) is 11.5 Å². The SMILES string of the molecule is CC(C)c1cc(=O)[nH]c(-c2ccc(Br)cc2Cl)n1. The maximum absolute atomic E-state index is 11.6. The number of halogens is 2. The van der Waals surface area contributed by atoms with E-state index in [1.165, 1.54) is 6.07 Å². The summed E-state index contributed by atoms with van der Waals surface area (Å²) in [6, 6.07) is 6.98. The predicted octanol–water partition coefficient (Wildman–Crippen LogP) is 3.98. The van der Waals surface area contributed by atoms with Gasteiger partial charge in [-0.15, -0.1) is 0 Å². The molecule has 0 saturated carbocycles. The van der Waals surface area contributed by atoms with Crippen molar-refractivity contribution >= 4 is 27.5 Å². The summed E-state index contributed by atoms with van der Waals surface area (Å²) in [5.74, 6) is 0.698. The first-order valence-electron chi connectivity index (χ1n) is 5.54. The molecule has 0 aliphatic heterocycles. The number of hydrogen-bond acceptors (Lipinski definition) is 2. The average Bonchev–Trinajstić information content (AvgIpc) is 2.27. The number of hydrogen-bond donors (Lipinski definition) is 1. The third kappa shape index (κ3) is 2.82. The van der Waals surface area contributed by atoms with E-state index in [0.29, 0.717) is 10.8 Å². The Hall–Kier alpha value is -1.13. The van der Waals surface area contributed by atoms with Crippen LogP contribution in [0.5, 0.6) is 0 Å². The lowest BCUT2D eigenvalue weighted by molar-refractivity contribution is 0.812. The number of nitrogens with one attached hydrogen (secondary N) is 1. The molecule has 3 nitrogen and oxygen atoms in total. The van der Waals surface area contributed by atoms with Crippen LogP contribution in [0.3, 0.4) is 0 Å². The Bertz CT molecular complexity index is 637. The minimum Gasteiger partial charge on any atom is -0.306 e. The first-order chi connectivity index (χ1) is 8.47. The summed E-state index contributed by atoms with van der Waals surface area (Å²) in [6.07, 6.45) is 0. The van der Waals surface area contributed by atoms with Crippen molar-refractivity contribution in [3.05, 3.63) is 49.8 Å². The van der Waals surface area contributed by atoms with Gasteiger partial charge in [-0.25, -0.2) is 4.98 Å². The van der Waals surface area contributed by atoms with Gasteiger partial charge in [0.2, 0.25) is 0 Å².